The molecule has 0 radical (unpaired) electrons. The van der Waals surface area contributed by atoms with E-state index in [-0.39, 0.29) is 11.9 Å². The van der Waals surface area contributed by atoms with Gasteiger partial charge in [0.25, 0.3) is 5.91 Å². The van der Waals surface area contributed by atoms with E-state index in [9.17, 15) is 4.79 Å². The van der Waals surface area contributed by atoms with Gasteiger partial charge in [-0.15, -0.1) is 0 Å². The number of halogens is 1. The van der Waals surface area contributed by atoms with E-state index < -0.39 is 6.10 Å². The third-order valence-corrected chi connectivity index (χ3v) is 4.14. The molecule has 2 unspecified atom stereocenters. The number of carbonyl (C=O) groups excluding carboxylic acids is 1. The lowest BCUT2D eigenvalue weighted by molar-refractivity contribution is -0.127. The molecule has 0 bridgehead atoms. The van der Waals surface area contributed by atoms with E-state index in [4.69, 9.17) is 16.3 Å². The molecule has 2 aromatic carbocycles. The topological polar surface area (TPSA) is 38.3 Å². The van der Waals surface area contributed by atoms with E-state index >= 15 is 0 Å². The van der Waals surface area contributed by atoms with Crippen molar-refractivity contribution in [1.29, 1.82) is 0 Å². The van der Waals surface area contributed by atoms with Crippen molar-refractivity contribution in [2.75, 3.05) is 0 Å². The second kappa shape index (κ2) is 7.51. The van der Waals surface area contributed by atoms with Crippen molar-refractivity contribution in [1.82, 2.24) is 5.32 Å². The highest BCUT2D eigenvalue weighted by molar-refractivity contribution is 6.30. The second-order valence-corrected chi connectivity index (χ2v) is 6.22. The summed E-state index contributed by atoms with van der Waals surface area (Å²) in [5, 5.41) is 3.62. The Morgan fingerprint density at radius 3 is 2.30 bits per heavy atom. The molecular formula is C19H22ClNO2. The summed E-state index contributed by atoms with van der Waals surface area (Å²) < 4.78 is 5.64. The zero-order valence-electron chi connectivity index (χ0n) is 13.9. The van der Waals surface area contributed by atoms with Crippen molar-refractivity contribution in [3.05, 3.63) is 64.2 Å². The van der Waals surface area contributed by atoms with Gasteiger partial charge in [-0.25, -0.2) is 0 Å². The predicted molar refractivity (Wildman–Crippen MR) is 94.0 cm³/mol. The Labute approximate surface area is 142 Å². The third-order valence-electron chi connectivity index (χ3n) is 3.89. The number of hydrogen-bond acceptors (Lipinski definition) is 2. The molecule has 1 N–H and O–H groups in total. The molecule has 0 saturated carbocycles. The molecular weight excluding hydrogens is 310 g/mol. The summed E-state index contributed by atoms with van der Waals surface area (Å²) in [5.41, 5.74) is 3.54. The Hall–Kier alpha value is -2.00. The molecule has 0 heterocycles. The number of nitrogens with one attached hydrogen (secondary N) is 1. The van der Waals surface area contributed by atoms with Gasteiger partial charge in [0.15, 0.2) is 6.10 Å². The molecule has 0 aromatic heterocycles. The highest BCUT2D eigenvalue weighted by atomic mass is 35.5. The lowest BCUT2D eigenvalue weighted by Crippen LogP contribution is -2.37. The lowest BCUT2D eigenvalue weighted by Gasteiger charge is -2.19. The molecule has 2 rings (SSSR count). The van der Waals surface area contributed by atoms with Gasteiger partial charge in [0.2, 0.25) is 0 Å². The van der Waals surface area contributed by atoms with Crippen LogP contribution in [-0.4, -0.2) is 12.0 Å². The van der Waals surface area contributed by atoms with Crippen LogP contribution in [0.4, 0.5) is 0 Å². The van der Waals surface area contributed by atoms with Gasteiger partial charge < -0.3 is 10.1 Å². The number of ether oxygens (including phenoxy) is 1. The Morgan fingerprint density at radius 2 is 1.70 bits per heavy atom. The van der Waals surface area contributed by atoms with Gasteiger partial charge >= 0.3 is 0 Å². The summed E-state index contributed by atoms with van der Waals surface area (Å²) in [7, 11) is 0. The summed E-state index contributed by atoms with van der Waals surface area (Å²) >= 11 is 5.84. The van der Waals surface area contributed by atoms with E-state index in [0.717, 1.165) is 5.56 Å². The molecule has 0 saturated heterocycles. The molecule has 3 nitrogen and oxygen atoms in total. The van der Waals surface area contributed by atoms with Crippen LogP contribution in [0.3, 0.4) is 0 Å². The first-order valence-corrected chi connectivity index (χ1v) is 8.04. The van der Waals surface area contributed by atoms with Crippen molar-refractivity contribution < 1.29 is 9.53 Å². The van der Waals surface area contributed by atoms with Gasteiger partial charge in [-0.2, -0.15) is 0 Å². The van der Waals surface area contributed by atoms with E-state index in [1.165, 1.54) is 11.1 Å². The Balaban J connectivity index is 1.96. The number of aryl methyl sites for hydroxylation is 2. The van der Waals surface area contributed by atoms with Crippen LogP contribution in [-0.2, 0) is 4.79 Å². The second-order valence-electron chi connectivity index (χ2n) is 5.79. The molecule has 0 spiro atoms. The third kappa shape index (κ3) is 4.73. The average molecular weight is 332 g/mol. The number of rotatable bonds is 5. The number of benzene rings is 2. The maximum absolute atomic E-state index is 12.3. The zero-order valence-corrected chi connectivity index (χ0v) is 14.6. The molecule has 0 aliphatic carbocycles. The first kappa shape index (κ1) is 17.4. The maximum Gasteiger partial charge on any atom is 0.261 e. The first-order valence-electron chi connectivity index (χ1n) is 7.66. The monoisotopic (exact) mass is 331 g/mol. The Bertz CT molecular complexity index is 682. The average Bonchev–Trinajstić information content (AvgIpc) is 2.52. The van der Waals surface area contributed by atoms with Crippen molar-refractivity contribution in [2.24, 2.45) is 0 Å². The van der Waals surface area contributed by atoms with E-state index in [0.29, 0.717) is 10.8 Å². The van der Waals surface area contributed by atoms with E-state index in [2.05, 4.69) is 31.3 Å². The predicted octanol–water partition coefficient (Wildman–Crippen LogP) is 4.60. The highest BCUT2D eigenvalue weighted by Crippen LogP contribution is 2.19. The molecule has 122 valence electrons. The molecule has 0 fully saturated rings. The van der Waals surface area contributed by atoms with Gasteiger partial charge in [-0.05, 0) is 68.7 Å². The largest absolute Gasteiger partial charge is 0.481 e. The smallest absolute Gasteiger partial charge is 0.261 e. The SMILES string of the molecule is Cc1ccc(C(C)NC(=O)C(C)Oc2ccc(Cl)cc2)cc1C. The Kier molecular flexibility index (Phi) is 5.67. The van der Waals surface area contributed by atoms with E-state index in [1.54, 1.807) is 31.2 Å². The Morgan fingerprint density at radius 1 is 1.04 bits per heavy atom. The van der Waals surface area contributed by atoms with Crippen LogP contribution in [0.25, 0.3) is 0 Å². The molecule has 2 atom stereocenters. The fourth-order valence-corrected chi connectivity index (χ4v) is 2.34. The number of amides is 1. The molecule has 23 heavy (non-hydrogen) atoms. The summed E-state index contributed by atoms with van der Waals surface area (Å²) in [6.07, 6.45) is -0.579. The van der Waals surface area contributed by atoms with Crippen molar-refractivity contribution in [3.8, 4) is 5.75 Å². The molecule has 4 heteroatoms. The highest BCUT2D eigenvalue weighted by Gasteiger charge is 2.18. The minimum Gasteiger partial charge on any atom is -0.481 e. The van der Waals surface area contributed by atoms with Crippen LogP contribution in [0, 0.1) is 13.8 Å². The lowest BCUT2D eigenvalue weighted by atomic mass is 10.0. The number of hydrogen-bond donors (Lipinski definition) is 1. The standard InChI is InChI=1S/C19H22ClNO2/c1-12-5-6-16(11-13(12)2)14(3)21-19(22)15(4)23-18-9-7-17(20)8-10-18/h5-11,14-15H,1-4H3,(H,21,22). The molecule has 0 aliphatic rings. The molecule has 2 aromatic rings. The quantitative estimate of drug-likeness (QED) is 0.869. The van der Waals surface area contributed by atoms with Crippen molar-refractivity contribution >= 4 is 17.5 Å². The van der Waals surface area contributed by atoms with Crippen LogP contribution >= 0.6 is 11.6 Å². The fourth-order valence-electron chi connectivity index (χ4n) is 2.22. The first-order chi connectivity index (χ1) is 10.9. The maximum atomic E-state index is 12.3. The fraction of sp³-hybridized carbons (Fsp3) is 0.316. The van der Waals surface area contributed by atoms with Gasteiger partial charge in [-0.1, -0.05) is 29.8 Å². The summed E-state index contributed by atoms with van der Waals surface area (Å²) in [6, 6.07) is 13.1. The minimum absolute atomic E-state index is 0.0712. The van der Waals surface area contributed by atoms with Crippen LogP contribution in [0.15, 0.2) is 42.5 Å². The van der Waals surface area contributed by atoms with Gasteiger partial charge in [0, 0.05) is 5.02 Å². The van der Waals surface area contributed by atoms with Gasteiger partial charge in [0.05, 0.1) is 6.04 Å². The van der Waals surface area contributed by atoms with Crippen LogP contribution in [0.2, 0.25) is 5.02 Å². The van der Waals surface area contributed by atoms with Gasteiger partial charge in [0.1, 0.15) is 5.75 Å². The normalized spacial score (nSPS) is 13.3. The number of carbonyl (C=O) groups is 1. The minimum atomic E-state index is -0.579. The van der Waals surface area contributed by atoms with Crippen molar-refractivity contribution in [2.45, 2.75) is 39.8 Å². The van der Waals surface area contributed by atoms with E-state index in [1.807, 2.05) is 13.0 Å². The summed E-state index contributed by atoms with van der Waals surface area (Å²) in [4.78, 5) is 12.3. The van der Waals surface area contributed by atoms with Crippen molar-refractivity contribution in [3.63, 3.8) is 0 Å². The summed E-state index contributed by atoms with van der Waals surface area (Å²) in [5.74, 6) is 0.474. The van der Waals surface area contributed by atoms with Crippen LogP contribution < -0.4 is 10.1 Å². The van der Waals surface area contributed by atoms with Gasteiger partial charge in [-0.3, -0.25) is 4.79 Å². The van der Waals surface area contributed by atoms with Crippen LogP contribution in [0.1, 0.15) is 36.6 Å². The summed E-state index contributed by atoms with van der Waals surface area (Å²) in [6.45, 7) is 7.85. The molecule has 0 aliphatic heterocycles. The van der Waals surface area contributed by atoms with Crippen LogP contribution in [0.5, 0.6) is 5.75 Å². The zero-order chi connectivity index (χ0) is 17.0. The molecule has 1 amide bonds.